The minimum Gasteiger partial charge on any atom is -0.452 e. The molecule has 1 atom stereocenters. The lowest BCUT2D eigenvalue weighted by molar-refractivity contribution is -0.134. The molecule has 1 amide bonds. The summed E-state index contributed by atoms with van der Waals surface area (Å²) >= 11 is 1.49. The Bertz CT molecular complexity index is 1010. The van der Waals surface area contributed by atoms with Crippen LogP contribution in [0.1, 0.15) is 21.3 Å². The number of amides is 1. The maximum absolute atomic E-state index is 14.1. The number of carbonyl (C=O) groups excluding carboxylic acids is 2. The summed E-state index contributed by atoms with van der Waals surface area (Å²) in [7, 11) is 0. The van der Waals surface area contributed by atoms with E-state index < -0.39 is 11.3 Å². The van der Waals surface area contributed by atoms with Gasteiger partial charge in [0.25, 0.3) is 5.91 Å². The molecule has 0 N–H and O–H groups in total. The molecule has 1 fully saturated rings. The van der Waals surface area contributed by atoms with Crippen LogP contribution in [-0.4, -0.2) is 45.5 Å². The molecule has 0 bridgehead atoms. The second-order valence-electron chi connectivity index (χ2n) is 6.41. The molecule has 148 valence electrons. The fourth-order valence-electron chi connectivity index (χ4n) is 3.12. The van der Waals surface area contributed by atoms with Crippen molar-refractivity contribution >= 4 is 23.6 Å². The highest BCUT2D eigenvalue weighted by Gasteiger charge is 2.32. The first kappa shape index (κ1) is 19.2. The standard InChI is InChI=1S/C21H18FN3O3S/c22-18-5-2-1-4-17(18)20-24(12-13-29-20)19(26)14-28-21(27)15-6-8-16(9-7-15)25-11-3-10-23-25/h1-11,20H,12-14H2/t20-/m1/s1. The smallest absolute Gasteiger partial charge is 0.338 e. The van der Waals surface area contributed by atoms with Crippen molar-refractivity contribution < 1.29 is 18.7 Å². The van der Waals surface area contributed by atoms with Gasteiger partial charge in [-0.15, -0.1) is 11.8 Å². The Morgan fingerprint density at radius 2 is 1.93 bits per heavy atom. The number of nitrogens with zero attached hydrogens (tertiary/aromatic N) is 3. The predicted octanol–water partition coefficient (Wildman–Crippen LogP) is 3.44. The monoisotopic (exact) mass is 411 g/mol. The van der Waals surface area contributed by atoms with E-state index in [4.69, 9.17) is 4.74 Å². The Morgan fingerprint density at radius 1 is 1.14 bits per heavy atom. The van der Waals surface area contributed by atoms with Crippen LogP contribution < -0.4 is 0 Å². The minimum absolute atomic E-state index is 0.343. The normalized spacial score (nSPS) is 16.0. The Morgan fingerprint density at radius 3 is 2.66 bits per heavy atom. The van der Waals surface area contributed by atoms with Gasteiger partial charge in [0.1, 0.15) is 11.2 Å². The molecule has 1 aliphatic heterocycles. The molecule has 0 saturated carbocycles. The van der Waals surface area contributed by atoms with E-state index in [1.165, 1.54) is 17.8 Å². The molecule has 8 heteroatoms. The average Bonchev–Trinajstić information content (AvgIpc) is 3.44. The summed E-state index contributed by atoms with van der Waals surface area (Å²) in [6.07, 6.45) is 3.46. The third kappa shape index (κ3) is 4.17. The number of aromatic nitrogens is 2. The SMILES string of the molecule is O=C(OCC(=O)N1CCS[C@@H]1c1ccccc1F)c1ccc(-n2cccn2)cc1. The van der Waals surface area contributed by atoms with E-state index in [1.54, 1.807) is 70.5 Å². The van der Waals surface area contributed by atoms with E-state index in [0.29, 0.717) is 23.4 Å². The van der Waals surface area contributed by atoms with Crippen molar-refractivity contribution in [3.8, 4) is 5.69 Å². The lowest BCUT2D eigenvalue weighted by atomic mass is 10.2. The number of thioether (sulfide) groups is 1. The Balaban J connectivity index is 1.37. The summed E-state index contributed by atoms with van der Waals surface area (Å²) in [6.45, 7) is 0.101. The van der Waals surface area contributed by atoms with Crippen molar-refractivity contribution in [2.45, 2.75) is 5.37 Å². The zero-order chi connectivity index (χ0) is 20.2. The van der Waals surface area contributed by atoms with Crippen LogP contribution in [0.2, 0.25) is 0 Å². The maximum atomic E-state index is 14.1. The molecular formula is C21H18FN3O3S. The van der Waals surface area contributed by atoms with E-state index in [-0.39, 0.29) is 18.3 Å². The highest BCUT2D eigenvalue weighted by atomic mass is 32.2. The highest BCUT2D eigenvalue weighted by molar-refractivity contribution is 7.99. The molecule has 1 saturated heterocycles. The molecule has 0 radical (unpaired) electrons. The summed E-state index contributed by atoms with van der Waals surface area (Å²) in [5.41, 5.74) is 1.61. The molecule has 0 spiro atoms. The molecule has 3 aromatic rings. The number of rotatable bonds is 5. The molecular weight excluding hydrogens is 393 g/mol. The number of benzene rings is 2. The second-order valence-corrected chi connectivity index (χ2v) is 7.59. The average molecular weight is 411 g/mol. The van der Waals surface area contributed by atoms with E-state index in [9.17, 15) is 14.0 Å². The van der Waals surface area contributed by atoms with Gasteiger partial charge in [-0.1, -0.05) is 18.2 Å². The number of ether oxygens (including phenoxy) is 1. The quantitative estimate of drug-likeness (QED) is 0.602. The van der Waals surface area contributed by atoms with E-state index in [1.807, 2.05) is 0 Å². The van der Waals surface area contributed by atoms with E-state index in [2.05, 4.69) is 5.10 Å². The molecule has 0 aliphatic carbocycles. The van der Waals surface area contributed by atoms with Gasteiger partial charge in [0.2, 0.25) is 0 Å². The van der Waals surface area contributed by atoms with Gasteiger partial charge >= 0.3 is 5.97 Å². The minimum atomic E-state index is -0.584. The van der Waals surface area contributed by atoms with Crippen LogP contribution >= 0.6 is 11.8 Å². The van der Waals surface area contributed by atoms with Gasteiger partial charge in [-0.05, 0) is 36.4 Å². The summed E-state index contributed by atoms with van der Waals surface area (Å²) in [6, 6.07) is 15.0. The van der Waals surface area contributed by atoms with Crippen LogP contribution in [0.3, 0.4) is 0 Å². The lowest BCUT2D eigenvalue weighted by Crippen LogP contribution is -2.34. The number of carbonyl (C=O) groups is 2. The maximum Gasteiger partial charge on any atom is 0.338 e. The fraction of sp³-hybridized carbons (Fsp3) is 0.190. The third-order valence-electron chi connectivity index (χ3n) is 4.58. The lowest BCUT2D eigenvalue weighted by Gasteiger charge is -2.24. The van der Waals surface area contributed by atoms with Crippen molar-refractivity contribution in [3.05, 3.63) is 83.9 Å². The zero-order valence-corrected chi connectivity index (χ0v) is 16.2. The number of hydrogen-bond donors (Lipinski definition) is 0. The van der Waals surface area contributed by atoms with Gasteiger partial charge in [0.05, 0.1) is 11.3 Å². The highest BCUT2D eigenvalue weighted by Crippen LogP contribution is 2.38. The first-order valence-corrected chi connectivity index (χ1v) is 10.1. The topological polar surface area (TPSA) is 64.4 Å². The summed E-state index contributed by atoms with van der Waals surface area (Å²) in [5.74, 6) is -0.573. The Kier molecular flexibility index (Phi) is 5.62. The molecule has 4 rings (SSSR count). The Labute approximate surface area is 171 Å². The molecule has 1 aliphatic rings. The molecule has 6 nitrogen and oxygen atoms in total. The first-order chi connectivity index (χ1) is 14.1. The molecule has 2 aromatic carbocycles. The number of hydrogen-bond acceptors (Lipinski definition) is 5. The van der Waals surface area contributed by atoms with Crippen LogP contribution in [-0.2, 0) is 9.53 Å². The van der Waals surface area contributed by atoms with E-state index in [0.717, 1.165) is 5.69 Å². The number of halogens is 1. The fourth-order valence-corrected chi connectivity index (χ4v) is 4.42. The van der Waals surface area contributed by atoms with Crippen LogP contribution in [0.15, 0.2) is 67.0 Å². The largest absolute Gasteiger partial charge is 0.452 e. The van der Waals surface area contributed by atoms with Gasteiger partial charge in [-0.2, -0.15) is 5.10 Å². The van der Waals surface area contributed by atoms with Crippen LogP contribution in [0.5, 0.6) is 0 Å². The molecule has 1 aromatic heterocycles. The number of esters is 1. The summed E-state index contributed by atoms with van der Waals surface area (Å²) in [4.78, 5) is 26.4. The predicted molar refractivity (Wildman–Crippen MR) is 107 cm³/mol. The van der Waals surface area contributed by atoms with Gasteiger partial charge in [-0.25, -0.2) is 13.9 Å². The van der Waals surface area contributed by atoms with Crippen molar-refractivity contribution in [2.24, 2.45) is 0 Å². The molecule has 29 heavy (non-hydrogen) atoms. The second kappa shape index (κ2) is 8.48. The third-order valence-corrected chi connectivity index (χ3v) is 5.82. The van der Waals surface area contributed by atoms with Crippen molar-refractivity contribution in [2.75, 3.05) is 18.9 Å². The van der Waals surface area contributed by atoms with E-state index >= 15 is 0 Å². The van der Waals surface area contributed by atoms with Gasteiger partial charge in [-0.3, -0.25) is 4.79 Å². The van der Waals surface area contributed by atoms with Crippen molar-refractivity contribution in [3.63, 3.8) is 0 Å². The summed E-state index contributed by atoms with van der Waals surface area (Å²) < 4.78 is 21.0. The van der Waals surface area contributed by atoms with Crippen molar-refractivity contribution in [1.29, 1.82) is 0 Å². The van der Waals surface area contributed by atoms with Gasteiger partial charge in [0.15, 0.2) is 6.61 Å². The van der Waals surface area contributed by atoms with Crippen molar-refractivity contribution in [1.82, 2.24) is 14.7 Å². The molecule has 0 unspecified atom stereocenters. The summed E-state index contributed by atoms with van der Waals surface area (Å²) in [5, 5.41) is 3.72. The van der Waals surface area contributed by atoms with Crippen LogP contribution in [0.4, 0.5) is 4.39 Å². The van der Waals surface area contributed by atoms with Crippen LogP contribution in [0.25, 0.3) is 5.69 Å². The Hall–Kier alpha value is -3.13. The van der Waals surface area contributed by atoms with Gasteiger partial charge in [0, 0.05) is 30.3 Å². The van der Waals surface area contributed by atoms with Crippen LogP contribution in [0, 0.1) is 5.82 Å². The molecule has 2 heterocycles. The first-order valence-electron chi connectivity index (χ1n) is 9.06. The van der Waals surface area contributed by atoms with Gasteiger partial charge < -0.3 is 9.64 Å². The zero-order valence-electron chi connectivity index (χ0n) is 15.4.